The first-order valence-electron chi connectivity index (χ1n) is 13.0. The van der Waals surface area contributed by atoms with E-state index in [-0.39, 0.29) is 24.9 Å². The minimum absolute atomic E-state index is 0.0579. The number of hydrogen-bond acceptors (Lipinski definition) is 4. The normalized spacial score (nSPS) is 25.1. The van der Waals surface area contributed by atoms with E-state index in [0.717, 1.165) is 25.7 Å². The van der Waals surface area contributed by atoms with Crippen LogP contribution in [-0.4, -0.2) is 51.7 Å². The molecule has 188 valence electrons. The zero-order valence-corrected chi connectivity index (χ0v) is 20.6. The molecule has 6 heteroatoms. The zero-order chi connectivity index (χ0) is 25.2. The first-order valence-corrected chi connectivity index (χ1v) is 13.0. The third-order valence-electron chi connectivity index (χ3n) is 7.90. The van der Waals surface area contributed by atoms with Crippen molar-refractivity contribution in [2.75, 3.05) is 6.54 Å². The monoisotopic (exact) mass is 486 g/mol. The fraction of sp³-hybridized carbons (Fsp3) is 0.400. The van der Waals surface area contributed by atoms with Gasteiger partial charge in [0.1, 0.15) is 6.04 Å². The van der Waals surface area contributed by atoms with Gasteiger partial charge in [0.05, 0.1) is 6.10 Å². The van der Waals surface area contributed by atoms with Gasteiger partial charge in [0, 0.05) is 30.6 Å². The molecule has 1 heterocycles. The van der Waals surface area contributed by atoms with E-state index in [1.165, 1.54) is 26.8 Å². The Balaban J connectivity index is 1.24. The number of likely N-dealkylation sites (tertiary alicyclic amines) is 1. The summed E-state index contributed by atoms with van der Waals surface area (Å²) < 4.78 is 0. The molecule has 3 aromatic carbocycles. The lowest BCUT2D eigenvalue weighted by molar-refractivity contribution is -0.141. The molecular weight excluding hydrogens is 452 g/mol. The van der Waals surface area contributed by atoms with Crippen molar-refractivity contribution in [3.05, 3.63) is 83.4 Å². The number of carboxylic acid groups (broad SMARTS) is 1. The number of carbonyl (C=O) groups is 2. The SMILES string of the molecule is C[C@@H](NC1CCCC(c2ccc(C(=O)N3C[C@H](O)C[C@H]3C(=O)O)cc2)C1)c1cccc2ccccc12. The number of aliphatic hydroxyl groups excluding tert-OH is 1. The van der Waals surface area contributed by atoms with E-state index in [1.807, 2.05) is 12.1 Å². The van der Waals surface area contributed by atoms with Gasteiger partial charge in [-0.15, -0.1) is 0 Å². The van der Waals surface area contributed by atoms with Gasteiger partial charge in [-0.3, -0.25) is 4.79 Å². The lowest BCUT2D eigenvalue weighted by atomic mass is 9.80. The molecule has 1 aliphatic heterocycles. The fourth-order valence-corrected chi connectivity index (χ4v) is 6.05. The van der Waals surface area contributed by atoms with E-state index in [2.05, 4.69) is 54.7 Å². The Morgan fingerprint density at radius 2 is 1.72 bits per heavy atom. The molecule has 3 aromatic rings. The van der Waals surface area contributed by atoms with Crippen LogP contribution in [-0.2, 0) is 4.79 Å². The Morgan fingerprint density at radius 1 is 0.972 bits per heavy atom. The highest BCUT2D eigenvalue weighted by Crippen LogP contribution is 2.35. The van der Waals surface area contributed by atoms with Gasteiger partial charge in [-0.2, -0.15) is 0 Å². The Labute approximate surface area is 211 Å². The second-order valence-electron chi connectivity index (χ2n) is 10.3. The summed E-state index contributed by atoms with van der Waals surface area (Å²) in [5.74, 6) is -0.993. The summed E-state index contributed by atoms with van der Waals surface area (Å²) in [6.07, 6.45) is 3.74. The number of rotatable bonds is 6. The average molecular weight is 487 g/mol. The average Bonchev–Trinajstić information content (AvgIpc) is 3.30. The fourth-order valence-electron chi connectivity index (χ4n) is 6.05. The van der Waals surface area contributed by atoms with Crippen LogP contribution in [0, 0.1) is 0 Å². The molecule has 0 bridgehead atoms. The molecule has 0 aromatic heterocycles. The first kappa shape index (κ1) is 24.5. The molecule has 1 amide bonds. The second-order valence-corrected chi connectivity index (χ2v) is 10.3. The Morgan fingerprint density at radius 3 is 2.50 bits per heavy atom. The Bertz CT molecular complexity index is 1240. The smallest absolute Gasteiger partial charge is 0.326 e. The lowest BCUT2D eigenvalue weighted by Crippen LogP contribution is -2.40. The number of β-amino-alcohol motifs (C(OH)–C–C–N with tert-alkyl or cyclic N) is 1. The maximum absolute atomic E-state index is 12.9. The lowest BCUT2D eigenvalue weighted by Gasteiger charge is -2.32. The minimum atomic E-state index is -1.07. The molecule has 5 atom stereocenters. The highest BCUT2D eigenvalue weighted by Gasteiger charge is 2.39. The van der Waals surface area contributed by atoms with Crippen molar-refractivity contribution >= 4 is 22.6 Å². The molecule has 3 N–H and O–H groups in total. The van der Waals surface area contributed by atoms with Gasteiger partial charge in [-0.05, 0) is 66.1 Å². The number of nitrogens with one attached hydrogen (secondary N) is 1. The van der Waals surface area contributed by atoms with E-state index < -0.39 is 18.1 Å². The second kappa shape index (κ2) is 10.4. The summed E-state index contributed by atoms with van der Waals surface area (Å²) in [5.41, 5.74) is 3.01. The number of aliphatic carboxylic acids is 1. The highest BCUT2D eigenvalue weighted by atomic mass is 16.4. The summed E-state index contributed by atoms with van der Waals surface area (Å²) in [6.45, 7) is 2.30. The first-order chi connectivity index (χ1) is 17.4. The summed E-state index contributed by atoms with van der Waals surface area (Å²) >= 11 is 0. The zero-order valence-electron chi connectivity index (χ0n) is 20.6. The molecule has 2 aliphatic rings. The van der Waals surface area contributed by atoms with Crippen LogP contribution in [0.2, 0.25) is 0 Å². The van der Waals surface area contributed by atoms with Crippen LogP contribution in [0.15, 0.2) is 66.7 Å². The maximum Gasteiger partial charge on any atom is 0.326 e. The molecule has 1 saturated carbocycles. The predicted octanol–water partition coefficient (Wildman–Crippen LogP) is 4.88. The van der Waals surface area contributed by atoms with Gasteiger partial charge in [-0.1, -0.05) is 61.0 Å². The van der Waals surface area contributed by atoms with Crippen molar-refractivity contribution in [3.63, 3.8) is 0 Å². The standard InChI is InChI=1S/C30H34N2O4/c1-19(26-11-5-7-21-6-2-3-10-27(21)26)31-24-9-4-8-23(16-24)20-12-14-22(15-13-20)29(34)32-18-25(33)17-28(32)30(35)36/h2-3,5-7,10-15,19,23-25,28,31,33H,4,8-9,16-18H2,1H3,(H,35,36)/t19-,23?,24?,25-,28+/m1/s1. The van der Waals surface area contributed by atoms with Gasteiger partial charge in [-0.25, -0.2) is 4.79 Å². The molecule has 0 spiro atoms. The van der Waals surface area contributed by atoms with E-state index >= 15 is 0 Å². The number of carboxylic acids is 1. The third kappa shape index (κ3) is 5.01. The molecule has 1 aliphatic carbocycles. The van der Waals surface area contributed by atoms with Crippen LogP contribution >= 0.6 is 0 Å². The Kier molecular flexibility index (Phi) is 7.08. The number of hydrogen-bond donors (Lipinski definition) is 3. The highest BCUT2D eigenvalue weighted by molar-refractivity contribution is 5.97. The minimum Gasteiger partial charge on any atom is -0.480 e. The van der Waals surface area contributed by atoms with E-state index in [4.69, 9.17) is 0 Å². The van der Waals surface area contributed by atoms with Crippen LogP contribution < -0.4 is 5.32 Å². The quantitative estimate of drug-likeness (QED) is 0.462. The summed E-state index contributed by atoms with van der Waals surface area (Å²) in [5, 5.41) is 25.7. The summed E-state index contributed by atoms with van der Waals surface area (Å²) in [7, 11) is 0. The number of carbonyl (C=O) groups excluding carboxylic acids is 1. The molecule has 6 nitrogen and oxygen atoms in total. The van der Waals surface area contributed by atoms with Crippen LogP contribution in [0.25, 0.3) is 10.8 Å². The van der Waals surface area contributed by atoms with E-state index in [1.54, 1.807) is 12.1 Å². The van der Waals surface area contributed by atoms with Gasteiger partial charge in [0.2, 0.25) is 0 Å². The van der Waals surface area contributed by atoms with Gasteiger partial charge < -0.3 is 20.4 Å². The number of aliphatic hydroxyl groups is 1. The molecule has 0 radical (unpaired) electrons. The van der Waals surface area contributed by atoms with E-state index in [0.29, 0.717) is 17.5 Å². The molecule has 5 rings (SSSR count). The molecular formula is C30H34N2O4. The van der Waals surface area contributed by atoms with Crippen molar-refractivity contribution in [2.45, 2.75) is 69.2 Å². The summed E-state index contributed by atoms with van der Waals surface area (Å²) in [6, 6.07) is 22.3. The van der Waals surface area contributed by atoms with Crippen LogP contribution in [0.5, 0.6) is 0 Å². The maximum atomic E-state index is 12.9. The van der Waals surface area contributed by atoms with Crippen LogP contribution in [0.4, 0.5) is 0 Å². The number of benzene rings is 3. The van der Waals surface area contributed by atoms with Crippen molar-refractivity contribution in [1.82, 2.24) is 10.2 Å². The predicted molar refractivity (Wildman–Crippen MR) is 140 cm³/mol. The topological polar surface area (TPSA) is 89.9 Å². The number of fused-ring (bicyclic) bond motifs is 1. The van der Waals surface area contributed by atoms with Gasteiger partial charge >= 0.3 is 5.97 Å². The van der Waals surface area contributed by atoms with Crippen molar-refractivity contribution < 1.29 is 19.8 Å². The third-order valence-corrected chi connectivity index (χ3v) is 7.90. The molecule has 36 heavy (non-hydrogen) atoms. The largest absolute Gasteiger partial charge is 0.480 e. The van der Waals surface area contributed by atoms with Gasteiger partial charge in [0.15, 0.2) is 0 Å². The van der Waals surface area contributed by atoms with Crippen LogP contribution in [0.3, 0.4) is 0 Å². The number of nitrogens with zero attached hydrogens (tertiary/aromatic N) is 1. The Hall–Kier alpha value is -3.22. The number of amides is 1. The van der Waals surface area contributed by atoms with Gasteiger partial charge in [0.25, 0.3) is 5.91 Å². The molecule has 2 unspecified atom stereocenters. The van der Waals surface area contributed by atoms with E-state index in [9.17, 15) is 19.8 Å². The molecule has 2 fully saturated rings. The molecule has 1 saturated heterocycles. The van der Waals surface area contributed by atoms with Crippen molar-refractivity contribution in [2.24, 2.45) is 0 Å². The van der Waals surface area contributed by atoms with Crippen molar-refractivity contribution in [3.8, 4) is 0 Å². The van der Waals surface area contributed by atoms with Crippen molar-refractivity contribution in [1.29, 1.82) is 0 Å². The van der Waals surface area contributed by atoms with Crippen LogP contribution in [0.1, 0.15) is 72.5 Å². The summed E-state index contributed by atoms with van der Waals surface area (Å²) in [4.78, 5) is 25.7.